The van der Waals surface area contributed by atoms with Gasteiger partial charge in [-0.2, -0.15) is 0 Å². The maximum Gasteiger partial charge on any atom is 0.203 e. The van der Waals surface area contributed by atoms with Crippen LogP contribution in [-0.4, -0.2) is 37.5 Å². The summed E-state index contributed by atoms with van der Waals surface area (Å²) in [5, 5.41) is 0. The average Bonchev–Trinajstić information content (AvgIpc) is 3.26. The molecule has 36 heavy (non-hydrogen) atoms. The van der Waals surface area contributed by atoms with Gasteiger partial charge in [0, 0.05) is 12.1 Å². The van der Waals surface area contributed by atoms with Crippen molar-refractivity contribution in [1.29, 1.82) is 0 Å². The van der Waals surface area contributed by atoms with E-state index >= 15 is 0 Å². The van der Waals surface area contributed by atoms with Gasteiger partial charge in [-0.15, -0.1) is 0 Å². The molecule has 6 heteroatoms. The Morgan fingerprint density at radius 1 is 0.806 bits per heavy atom. The molecule has 0 bridgehead atoms. The Labute approximate surface area is 213 Å². The third kappa shape index (κ3) is 5.43. The summed E-state index contributed by atoms with van der Waals surface area (Å²) in [5.74, 6) is 3.56. The van der Waals surface area contributed by atoms with Crippen molar-refractivity contribution in [2.75, 3.05) is 27.9 Å². The molecule has 0 N–H and O–H groups in total. The van der Waals surface area contributed by atoms with E-state index in [2.05, 4.69) is 55.7 Å². The second-order valence-electron chi connectivity index (χ2n) is 9.82. The Hall–Kier alpha value is -3.67. The van der Waals surface area contributed by atoms with E-state index in [1.54, 1.807) is 21.3 Å². The fourth-order valence-corrected chi connectivity index (χ4v) is 4.35. The first-order valence-electron chi connectivity index (χ1n) is 12.3. The summed E-state index contributed by atoms with van der Waals surface area (Å²) in [6.07, 6.45) is 1.89. The fraction of sp³-hybridized carbons (Fsp3) is 0.367. The molecule has 4 rings (SSSR count). The molecule has 0 aliphatic rings. The Kier molecular flexibility index (Phi) is 7.73. The first kappa shape index (κ1) is 25.4. The van der Waals surface area contributed by atoms with E-state index in [1.165, 1.54) is 5.56 Å². The number of para-hydroxylation sites is 2. The molecule has 1 heterocycles. The van der Waals surface area contributed by atoms with Crippen LogP contribution in [0.4, 0.5) is 0 Å². The summed E-state index contributed by atoms with van der Waals surface area (Å²) in [6.45, 7) is 8.14. The van der Waals surface area contributed by atoms with E-state index in [-0.39, 0.29) is 5.41 Å². The number of hydrogen-bond donors (Lipinski definition) is 0. The summed E-state index contributed by atoms with van der Waals surface area (Å²) >= 11 is 0. The summed E-state index contributed by atoms with van der Waals surface area (Å²) in [5.41, 5.74) is 4.41. The van der Waals surface area contributed by atoms with Gasteiger partial charge in [0.05, 0.1) is 39.0 Å². The molecule has 0 fully saturated rings. The molecule has 1 aromatic heterocycles. The van der Waals surface area contributed by atoms with Gasteiger partial charge in [0.15, 0.2) is 11.5 Å². The monoisotopic (exact) mass is 488 g/mol. The van der Waals surface area contributed by atoms with Gasteiger partial charge in [0.1, 0.15) is 11.6 Å². The highest BCUT2D eigenvalue weighted by atomic mass is 16.5. The number of ether oxygens (including phenoxy) is 4. The highest BCUT2D eigenvalue weighted by Gasteiger charge is 2.19. The lowest BCUT2D eigenvalue weighted by atomic mass is 9.87. The molecular weight excluding hydrogens is 452 g/mol. The molecule has 0 saturated carbocycles. The number of aryl methyl sites for hydroxylation is 1. The van der Waals surface area contributed by atoms with E-state index < -0.39 is 0 Å². The Morgan fingerprint density at radius 3 is 2.08 bits per heavy atom. The second kappa shape index (κ2) is 10.9. The zero-order chi connectivity index (χ0) is 25.7. The van der Waals surface area contributed by atoms with E-state index in [0.717, 1.165) is 47.6 Å². The number of benzene rings is 3. The standard InChI is InChI=1S/C30H36N2O4/c1-30(2,3)22-13-15-23(16-14-22)36-18-10-9-17-32-25-12-8-7-11-24(25)31-29(32)21-19-26(33-4)28(35-6)27(20-21)34-5/h7-8,11-16,19-20H,9-10,17-18H2,1-6H3. The van der Waals surface area contributed by atoms with Crippen LogP contribution in [0.1, 0.15) is 39.2 Å². The molecule has 0 unspecified atom stereocenters. The van der Waals surface area contributed by atoms with Gasteiger partial charge in [0.2, 0.25) is 5.75 Å². The van der Waals surface area contributed by atoms with Crippen molar-refractivity contribution in [3.8, 4) is 34.4 Å². The molecule has 0 saturated heterocycles. The highest BCUT2D eigenvalue weighted by Crippen LogP contribution is 2.41. The van der Waals surface area contributed by atoms with E-state index in [9.17, 15) is 0 Å². The number of fused-ring (bicyclic) bond motifs is 1. The third-order valence-electron chi connectivity index (χ3n) is 6.34. The van der Waals surface area contributed by atoms with Gasteiger partial charge in [-0.1, -0.05) is 45.0 Å². The molecule has 0 amide bonds. The third-order valence-corrected chi connectivity index (χ3v) is 6.34. The van der Waals surface area contributed by atoms with Gasteiger partial charge >= 0.3 is 0 Å². The van der Waals surface area contributed by atoms with Crippen LogP contribution in [0, 0.1) is 0 Å². The van der Waals surface area contributed by atoms with Crippen molar-refractivity contribution >= 4 is 11.0 Å². The average molecular weight is 489 g/mol. The molecule has 6 nitrogen and oxygen atoms in total. The summed E-state index contributed by atoms with van der Waals surface area (Å²) in [4.78, 5) is 4.94. The number of methoxy groups -OCH3 is 3. The number of nitrogens with zero attached hydrogens (tertiary/aromatic N) is 2. The molecule has 190 valence electrons. The lowest BCUT2D eigenvalue weighted by molar-refractivity contribution is 0.303. The zero-order valence-corrected chi connectivity index (χ0v) is 22.1. The van der Waals surface area contributed by atoms with Crippen molar-refractivity contribution in [1.82, 2.24) is 9.55 Å². The Balaban J connectivity index is 1.50. The molecule has 0 radical (unpaired) electrons. The number of hydrogen-bond acceptors (Lipinski definition) is 5. The fourth-order valence-electron chi connectivity index (χ4n) is 4.35. The lowest BCUT2D eigenvalue weighted by Gasteiger charge is -2.19. The van der Waals surface area contributed by atoms with Crippen molar-refractivity contribution in [3.63, 3.8) is 0 Å². The topological polar surface area (TPSA) is 54.7 Å². The highest BCUT2D eigenvalue weighted by molar-refractivity contribution is 5.81. The Morgan fingerprint density at radius 2 is 1.47 bits per heavy atom. The summed E-state index contributed by atoms with van der Waals surface area (Å²) in [7, 11) is 4.86. The number of unbranched alkanes of at least 4 members (excludes halogenated alkanes) is 1. The van der Waals surface area contributed by atoms with E-state index in [1.807, 2.05) is 30.3 Å². The van der Waals surface area contributed by atoms with Crippen molar-refractivity contribution in [2.24, 2.45) is 0 Å². The molecule has 0 aliphatic carbocycles. The van der Waals surface area contributed by atoms with Gasteiger partial charge < -0.3 is 23.5 Å². The van der Waals surface area contributed by atoms with Crippen molar-refractivity contribution < 1.29 is 18.9 Å². The minimum Gasteiger partial charge on any atom is -0.494 e. The first-order chi connectivity index (χ1) is 17.4. The van der Waals surface area contributed by atoms with Crippen LogP contribution in [0.15, 0.2) is 60.7 Å². The lowest BCUT2D eigenvalue weighted by Crippen LogP contribution is -2.10. The van der Waals surface area contributed by atoms with Crippen molar-refractivity contribution in [2.45, 2.75) is 45.6 Å². The zero-order valence-electron chi connectivity index (χ0n) is 22.1. The Bertz CT molecular complexity index is 1280. The van der Waals surface area contributed by atoms with Crippen LogP contribution >= 0.6 is 0 Å². The van der Waals surface area contributed by atoms with Gasteiger partial charge in [-0.05, 0) is 60.2 Å². The van der Waals surface area contributed by atoms with Gasteiger partial charge in [-0.25, -0.2) is 4.98 Å². The molecular formula is C30H36N2O4. The van der Waals surface area contributed by atoms with Gasteiger partial charge in [-0.3, -0.25) is 0 Å². The molecule has 0 atom stereocenters. The van der Waals surface area contributed by atoms with Crippen LogP contribution in [0.3, 0.4) is 0 Å². The predicted molar refractivity (Wildman–Crippen MR) is 145 cm³/mol. The van der Waals surface area contributed by atoms with Crippen LogP contribution in [0.25, 0.3) is 22.4 Å². The van der Waals surface area contributed by atoms with Gasteiger partial charge in [0.25, 0.3) is 0 Å². The summed E-state index contributed by atoms with van der Waals surface area (Å²) < 4.78 is 24.9. The van der Waals surface area contributed by atoms with Crippen LogP contribution in [-0.2, 0) is 12.0 Å². The first-order valence-corrected chi connectivity index (χ1v) is 12.3. The number of aromatic nitrogens is 2. The minimum atomic E-state index is 0.141. The largest absolute Gasteiger partial charge is 0.494 e. The predicted octanol–water partition coefficient (Wildman–Crippen LogP) is 6.89. The minimum absolute atomic E-state index is 0.141. The molecule has 3 aromatic carbocycles. The van der Waals surface area contributed by atoms with Crippen LogP contribution in [0.2, 0.25) is 0 Å². The molecule has 4 aromatic rings. The second-order valence-corrected chi connectivity index (χ2v) is 9.82. The maximum atomic E-state index is 6.01. The van der Waals surface area contributed by atoms with Crippen LogP contribution < -0.4 is 18.9 Å². The molecule has 0 spiro atoms. The van der Waals surface area contributed by atoms with E-state index in [0.29, 0.717) is 23.9 Å². The molecule has 0 aliphatic heterocycles. The quantitative estimate of drug-likeness (QED) is 0.228. The van der Waals surface area contributed by atoms with E-state index in [4.69, 9.17) is 23.9 Å². The smallest absolute Gasteiger partial charge is 0.203 e. The number of imidazole rings is 1. The SMILES string of the molecule is COc1cc(-c2nc3ccccc3n2CCCCOc2ccc(C(C)(C)C)cc2)cc(OC)c1OC. The number of rotatable bonds is 10. The maximum absolute atomic E-state index is 6.01. The van der Waals surface area contributed by atoms with Crippen molar-refractivity contribution in [3.05, 3.63) is 66.2 Å². The van der Waals surface area contributed by atoms with Crippen LogP contribution in [0.5, 0.6) is 23.0 Å². The normalized spacial score (nSPS) is 11.5. The summed E-state index contributed by atoms with van der Waals surface area (Å²) in [6, 6.07) is 20.5.